The lowest BCUT2D eigenvalue weighted by Gasteiger charge is -2.00. The molecule has 1 saturated carbocycles. The van der Waals surface area contributed by atoms with E-state index in [1.807, 2.05) is 12.1 Å². The summed E-state index contributed by atoms with van der Waals surface area (Å²) in [7, 11) is 0. The summed E-state index contributed by atoms with van der Waals surface area (Å²) < 4.78 is 12.2. The van der Waals surface area contributed by atoms with Crippen LogP contribution in [0.1, 0.15) is 17.9 Å². The molecule has 1 aromatic carbocycles. The van der Waals surface area contributed by atoms with E-state index in [1.54, 1.807) is 12.1 Å². The zero-order valence-electron chi connectivity index (χ0n) is 6.70. The Kier molecular flexibility index (Phi) is 1.75. The predicted molar refractivity (Wildman–Crippen MR) is 44.9 cm³/mol. The fourth-order valence-corrected chi connectivity index (χ4v) is 1.60. The van der Waals surface area contributed by atoms with Crippen molar-refractivity contribution in [3.63, 3.8) is 0 Å². The van der Waals surface area contributed by atoms with Crippen LogP contribution in [0.15, 0.2) is 24.3 Å². The van der Waals surface area contributed by atoms with E-state index in [2.05, 4.69) is 0 Å². The van der Waals surface area contributed by atoms with E-state index < -0.39 is 0 Å². The van der Waals surface area contributed by atoms with Gasteiger partial charge >= 0.3 is 0 Å². The summed E-state index contributed by atoms with van der Waals surface area (Å²) >= 11 is 0. The summed E-state index contributed by atoms with van der Waals surface area (Å²) in [5, 5.41) is 9.41. The summed E-state index contributed by atoms with van der Waals surface area (Å²) in [5.41, 5.74) is 0.903. The molecular formula is C10H11FO. The first-order valence-electron chi connectivity index (χ1n) is 4.16. The van der Waals surface area contributed by atoms with Crippen molar-refractivity contribution in [3.8, 4) is 5.75 Å². The molecule has 0 aliphatic heterocycles. The van der Waals surface area contributed by atoms with E-state index in [0.717, 1.165) is 12.0 Å². The highest BCUT2D eigenvalue weighted by atomic mass is 19.1. The van der Waals surface area contributed by atoms with Gasteiger partial charge in [0.1, 0.15) is 5.75 Å². The maximum Gasteiger partial charge on any atom is 0.119 e. The van der Waals surface area contributed by atoms with Crippen LogP contribution >= 0.6 is 0 Å². The Hall–Kier alpha value is -1.05. The van der Waals surface area contributed by atoms with E-state index >= 15 is 0 Å². The zero-order valence-corrected chi connectivity index (χ0v) is 6.70. The highest BCUT2D eigenvalue weighted by molar-refractivity contribution is 5.38. The summed E-state index contributed by atoms with van der Waals surface area (Å²) in [6, 6.07) is 7.19. The largest absolute Gasteiger partial charge is 0.508 e. The standard InChI is InChI=1S/C10H11FO/c11-6-7-5-9(7)8-3-1-2-4-10(8)12/h1-4,7,9,12H,5-6H2. The summed E-state index contributed by atoms with van der Waals surface area (Å²) in [4.78, 5) is 0. The first kappa shape index (κ1) is 7.59. The molecule has 1 N–H and O–H groups in total. The van der Waals surface area contributed by atoms with E-state index in [-0.39, 0.29) is 18.5 Å². The molecule has 0 spiro atoms. The Balaban J connectivity index is 2.19. The molecule has 0 aromatic heterocycles. The van der Waals surface area contributed by atoms with Gasteiger partial charge in [-0.05, 0) is 29.9 Å². The molecule has 2 rings (SSSR count). The number of rotatable bonds is 2. The van der Waals surface area contributed by atoms with Crippen LogP contribution < -0.4 is 0 Å². The summed E-state index contributed by atoms with van der Waals surface area (Å²) in [5.74, 6) is 0.716. The maximum absolute atomic E-state index is 12.2. The SMILES string of the molecule is Oc1ccccc1C1CC1CF. The van der Waals surface area contributed by atoms with Crippen LogP contribution in [0.5, 0.6) is 5.75 Å². The van der Waals surface area contributed by atoms with Gasteiger partial charge < -0.3 is 5.11 Å². The van der Waals surface area contributed by atoms with Crippen LogP contribution in [0.4, 0.5) is 4.39 Å². The van der Waals surface area contributed by atoms with E-state index in [4.69, 9.17) is 0 Å². The fourth-order valence-electron chi connectivity index (χ4n) is 1.60. The lowest BCUT2D eigenvalue weighted by molar-refractivity contribution is 0.444. The van der Waals surface area contributed by atoms with Crippen LogP contribution in [0, 0.1) is 5.92 Å². The second kappa shape index (κ2) is 2.77. The molecule has 1 aromatic rings. The smallest absolute Gasteiger partial charge is 0.119 e. The molecule has 0 amide bonds. The van der Waals surface area contributed by atoms with Gasteiger partial charge in [-0.1, -0.05) is 18.2 Å². The van der Waals surface area contributed by atoms with Crippen LogP contribution in [0.3, 0.4) is 0 Å². The average molecular weight is 166 g/mol. The van der Waals surface area contributed by atoms with Gasteiger partial charge in [-0.3, -0.25) is 4.39 Å². The van der Waals surface area contributed by atoms with Gasteiger partial charge in [-0.2, -0.15) is 0 Å². The molecule has 2 heteroatoms. The Labute approximate surface area is 70.8 Å². The monoisotopic (exact) mass is 166 g/mol. The third kappa shape index (κ3) is 1.17. The molecule has 1 fully saturated rings. The van der Waals surface area contributed by atoms with Crippen molar-refractivity contribution in [1.82, 2.24) is 0 Å². The van der Waals surface area contributed by atoms with Gasteiger partial charge in [0, 0.05) is 0 Å². The van der Waals surface area contributed by atoms with E-state index in [9.17, 15) is 9.50 Å². The fraction of sp³-hybridized carbons (Fsp3) is 0.400. The number of phenolic OH excluding ortho intramolecular Hbond substituents is 1. The minimum Gasteiger partial charge on any atom is -0.508 e. The number of hydrogen-bond donors (Lipinski definition) is 1. The normalized spacial score (nSPS) is 27.1. The summed E-state index contributed by atoms with van der Waals surface area (Å²) in [6.45, 7) is -0.265. The molecule has 0 saturated heterocycles. The highest BCUT2D eigenvalue weighted by Crippen LogP contribution is 2.50. The number of para-hydroxylation sites is 1. The van der Waals surface area contributed by atoms with Crippen LogP contribution in [0.25, 0.3) is 0 Å². The highest BCUT2D eigenvalue weighted by Gasteiger charge is 2.39. The molecule has 1 aliphatic carbocycles. The Morgan fingerprint density at radius 2 is 2.17 bits per heavy atom. The third-order valence-electron chi connectivity index (χ3n) is 2.46. The van der Waals surface area contributed by atoms with Gasteiger partial charge in [0.15, 0.2) is 0 Å². The second-order valence-corrected chi connectivity index (χ2v) is 3.32. The number of hydrogen-bond acceptors (Lipinski definition) is 1. The molecular weight excluding hydrogens is 155 g/mol. The van der Waals surface area contributed by atoms with Gasteiger partial charge in [-0.25, -0.2) is 0 Å². The van der Waals surface area contributed by atoms with Gasteiger partial charge in [0.25, 0.3) is 0 Å². The third-order valence-corrected chi connectivity index (χ3v) is 2.46. The van der Waals surface area contributed by atoms with Crippen molar-refractivity contribution < 1.29 is 9.50 Å². The number of benzene rings is 1. The lowest BCUT2D eigenvalue weighted by atomic mass is 10.1. The molecule has 0 radical (unpaired) electrons. The van der Waals surface area contributed by atoms with E-state index in [0.29, 0.717) is 5.75 Å². The molecule has 2 unspecified atom stereocenters. The van der Waals surface area contributed by atoms with Crippen LogP contribution in [-0.4, -0.2) is 11.8 Å². The lowest BCUT2D eigenvalue weighted by Crippen LogP contribution is -1.85. The molecule has 12 heavy (non-hydrogen) atoms. The van der Waals surface area contributed by atoms with Crippen LogP contribution in [-0.2, 0) is 0 Å². The minimum absolute atomic E-state index is 0.151. The van der Waals surface area contributed by atoms with E-state index in [1.165, 1.54) is 0 Å². The van der Waals surface area contributed by atoms with Crippen molar-refractivity contribution in [3.05, 3.63) is 29.8 Å². The maximum atomic E-state index is 12.2. The van der Waals surface area contributed by atoms with Gasteiger partial charge in [-0.15, -0.1) is 0 Å². The number of halogens is 1. The van der Waals surface area contributed by atoms with Crippen molar-refractivity contribution >= 4 is 0 Å². The van der Waals surface area contributed by atoms with Crippen LogP contribution in [0.2, 0.25) is 0 Å². The first-order valence-corrected chi connectivity index (χ1v) is 4.16. The van der Waals surface area contributed by atoms with Crippen molar-refractivity contribution in [1.29, 1.82) is 0 Å². The Morgan fingerprint density at radius 1 is 1.42 bits per heavy atom. The summed E-state index contributed by atoms with van der Waals surface area (Å²) in [6.07, 6.45) is 0.883. The molecule has 2 atom stereocenters. The Bertz CT molecular complexity index is 285. The van der Waals surface area contributed by atoms with Crippen molar-refractivity contribution in [2.75, 3.05) is 6.67 Å². The Morgan fingerprint density at radius 3 is 2.75 bits per heavy atom. The molecule has 64 valence electrons. The average Bonchev–Trinajstić information content (AvgIpc) is 2.84. The minimum atomic E-state index is -0.265. The van der Waals surface area contributed by atoms with Crippen molar-refractivity contribution in [2.45, 2.75) is 12.3 Å². The number of aromatic hydroxyl groups is 1. The van der Waals surface area contributed by atoms with Gasteiger partial charge in [0.2, 0.25) is 0 Å². The number of phenols is 1. The quantitative estimate of drug-likeness (QED) is 0.715. The molecule has 0 bridgehead atoms. The first-order chi connectivity index (χ1) is 5.83. The number of alkyl halides is 1. The van der Waals surface area contributed by atoms with Crippen molar-refractivity contribution in [2.24, 2.45) is 5.92 Å². The topological polar surface area (TPSA) is 20.2 Å². The van der Waals surface area contributed by atoms with Gasteiger partial charge in [0.05, 0.1) is 6.67 Å². The predicted octanol–water partition coefficient (Wildman–Crippen LogP) is 2.47. The zero-order chi connectivity index (χ0) is 8.55. The molecule has 0 heterocycles. The second-order valence-electron chi connectivity index (χ2n) is 3.32. The molecule has 1 nitrogen and oxygen atoms in total. The molecule has 1 aliphatic rings.